The first-order valence-electron chi connectivity index (χ1n) is 10.3. The van der Waals surface area contributed by atoms with Crippen molar-refractivity contribution in [3.63, 3.8) is 0 Å². The van der Waals surface area contributed by atoms with Gasteiger partial charge in [-0.1, -0.05) is 12.1 Å². The molecule has 1 fully saturated rings. The van der Waals surface area contributed by atoms with E-state index in [9.17, 15) is 4.79 Å². The first kappa shape index (κ1) is 19.2. The van der Waals surface area contributed by atoms with Crippen molar-refractivity contribution in [3.8, 4) is 11.3 Å². The van der Waals surface area contributed by atoms with Crippen LogP contribution in [-0.2, 0) is 7.05 Å². The molecule has 0 spiro atoms. The lowest BCUT2D eigenvalue weighted by atomic mass is 10.0. The highest BCUT2D eigenvalue weighted by atomic mass is 16.1. The zero-order chi connectivity index (χ0) is 20.4. The van der Waals surface area contributed by atoms with Crippen LogP contribution in [0.2, 0.25) is 0 Å². The number of nitrogens with one attached hydrogen (secondary N) is 1. The van der Waals surface area contributed by atoms with Gasteiger partial charge in [-0.2, -0.15) is 5.10 Å². The van der Waals surface area contributed by atoms with Crippen molar-refractivity contribution < 1.29 is 4.79 Å². The number of benzene rings is 2. The highest BCUT2D eigenvalue weighted by Crippen LogP contribution is 2.24. The van der Waals surface area contributed by atoms with E-state index in [0.29, 0.717) is 5.69 Å². The van der Waals surface area contributed by atoms with Crippen LogP contribution in [0.15, 0.2) is 48.5 Å². The molecule has 5 nitrogen and oxygen atoms in total. The van der Waals surface area contributed by atoms with Crippen molar-refractivity contribution in [2.45, 2.75) is 33.1 Å². The van der Waals surface area contributed by atoms with Crippen molar-refractivity contribution in [2.75, 3.05) is 23.3 Å². The van der Waals surface area contributed by atoms with Crippen LogP contribution in [0, 0.1) is 13.8 Å². The molecule has 150 valence electrons. The van der Waals surface area contributed by atoms with Crippen LogP contribution >= 0.6 is 0 Å². The molecule has 2 aromatic carbocycles. The van der Waals surface area contributed by atoms with Crippen molar-refractivity contribution in [1.82, 2.24) is 9.78 Å². The predicted octanol–water partition coefficient (Wildman–Crippen LogP) is 4.95. The van der Waals surface area contributed by atoms with Gasteiger partial charge in [0.05, 0.1) is 5.69 Å². The van der Waals surface area contributed by atoms with Gasteiger partial charge in [0.1, 0.15) is 0 Å². The van der Waals surface area contributed by atoms with Crippen LogP contribution in [0.25, 0.3) is 11.3 Å². The van der Waals surface area contributed by atoms with E-state index in [-0.39, 0.29) is 5.91 Å². The number of anilines is 2. The second kappa shape index (κ2) is 8.11. The lowest BCUT2D eigenvalue weighted by molar-refractivity contribution is 0.102. The van der Waals surface area contributed by atoms with E-state index in [1.54, 1.807) is 4.68 Å². The zero-order valence-electron chi connectivity index (χ0n) is 17.4. The lowest BCUT2D eigenvalue weighted by Crippen LogP contribution is -2.29. The molecule has 1 amide bonds. The molecule has 0 bridgehead atoms. The monoisotopic (exact) mass is 388 g/mol. The fourth-order valence-corrected chi connectivity index (χ4v) is 3.85. The largest absolute Gasteiger partial charge is 0.372 e. The van der Waals surface area contributed by atoms with Gasteiger partial charge >= 0.3 is 0 Å². The van der Waals surface area contributed by atoms with Crippen LogP contribution in [0.1, 0.15) is 40.9 Å². The van der Waals surface area contributed by atoms with Crippen LogP contribution in [-0.4, -0.2) is 28.8 Å². The molecule has 0 atom stereocenters. The standard InChI is InChI=1S/C24H28N4O/c1-17-7-8-19(15-18(17)2)23-16-22(26-27(23)3)24(29)25-20-9-11-21(12-10-20)28-13-5-4-6-14-28/h7-12,15-16H,4-6,13-14H2,1-3H3,(H,25,29). The summed E-state index contributed by atoms with van der Waals surface area (Å²) in [4.78, 5) is 15.1. The molecule has 5 heteroatoms. The number of carbonyl (C=O) groups excluding carboxylic acids is 1. The molecule has 1 aliphatic rings. The average Bonchev–Trinajstić information content (AvgIpc) is 3.13. The average molecular weight is 389 g/mol. The minimum atomic E-state index is -0.193. The van der Waals surface area contributed by atoms with Gasteiger partial charge in [0.25, 0.3) is 5.91 Å². The molecule has 1 N–H and O–H groups in total. The molecule has 0 radical (unpaired) electrons. The van der Waals surface area contributed by atoms with E-state index in [2.05, 4.69) is 59.5 Å². The summed E-state index contributed by atoms with van der Waals surface area (Å²) >= 11 is 0. The highest BCUT2D eigenvalue weighted by Gasteiger charge is 2.15. The van der Waals surface area contributed by atoms with Crippen LogP contribution in [0.5, 0.6) is 0 Å². The third-order valence-corrected chi connectivity index (χ3v) is 5.76. The number of amides is 1. The van der Waals surface area contributed by atoms with Crippen molar-refractivity contribution in [3.05, 3.63) is 65.4 Å². The molecule has 1 aromatic heterocycles. The fraction of sp³-hybridized carbons (Fsp3) is 0.333. The van der Waals surface area contributed by atoms with E-state index in [0.717, 1.165) is 30.0 Å². The minimum absolute atomic E-state index is 0.193. The van der Waals surface area contributed by atoms with E-state index < -0.39 is 0 Å². The molecular formula is C24H28N4O. The Morgan fingerprint density at radius 3 is 2.34 bits per heavy atom. The fourth-order valence-electron chi connectivity index (χ4n) is 3.85. The van der Waals surface area contributed by atoms with E-state index >= 15 is 0 Å². The molecule has 29 heavy (non-hydrogen) atoms. The molecule has 1 aliphatic heterocycles. The van der Waals surface area contributed by atoms with Gasteiger partial charge < -0.3 is 10.2 Å². The zero-order valence-corrected chi connectivity index (χ0v) is 17.4. The number of nitrogens with zero attached hydrogens (tertiary/aromatic N) is 3. The smallest absolute Gasteiger partial charge is 0.276 e. The number of aromatic nitrogens is 2. The van der Waals surface area contributed by atoms with Gasteiger partial charge in [0, 0.05) is 37.1 Å². The number of hydrogen-bond donors (Lipinski definition) is 1. The number of hydrogen-bond acceptors (Lipinski definition) is 3. The van der Waals surface area contributed by atoms with Gasteiger partial charge in [-0.3, -0.25) is 9.48 Å². The van der Waals surface area contributed by atoms with Crippen LogP contribution < -0.4 is 10.2 Å². The number of piperidine rings is 1. The first-order valence-corrected chi connectivity index (χ1v) is 10.3. The normalized spacial score (nSPS) is 14.1. The Kier molecular flexibility index (Phi) is 5.38. The Morgan fingerprint density at radius 1 is 0.931 bits per heavy atom. The first-order chi connectivity index (χ1) is 14.0. The lowest BCUT2D eigenvalue weighted by Gasteiger charge is -2.28. The van der Waals surface area contributed by atoms with Gasteiger partial charge in [-0.05, 0) is 80.6 Å². The summed E-state index contributed by atoms with van der Waals surface area (Å²) in [6, 6.07) is 16.3. The second-order valence-corrected chi connectivity index (χ2v) is 7.89. The summed E-state index contributed by atoms with van der Waals surface area (Å²) in [7, 11) is 1.87. The molecule has 3 aromatic rings. The van der Waals surface area contributed by atoms with E-state index in [4.69, 9.17) is 0 Å². The van der Waals surface area contributed by atoms with Crippen LogP contribution in [0.3, 0.4) is 0 Å². The maximum atomic E-state index is 12.7. The second-order valence-electron chi connectivity index (χ2n) is 7.89. The molecular weight excluding hydrogens is 360 g/mol. The maximum absolute atomic E-state index is 12.7. The summed E-state index contributed by atoms with van der Waals surface area (Å²) in [5.41, 5.74) is 6.89. The SMILES string of the molecule is Cc1ccc(-c2cc(C(=O)Nc3ccc(N4CCCCC4)cc3)nn2C)cc1C. The summed E-state index contributed by atoms with van der Waals surface area (Å²) in [5.74, 6) is -0.193. The predicted molar refractivity (Wildman–Crippen MR) is 119 cm³/mol. The number of rotatable bonds is 4. The molecule has 2 heterocycles. The minimum Gasteiger partial charge on any atom is -0.372 e. The Morgan fingerprint density at radius 2 is 1.66 bits per heavy atom. The molecule has 0 aliphatic carbocycles. The summed E-state index contributed by atoms with van der Waals surface area (Å²) in [6.45, 7) is 6.41. The number of aryl methyl sites for hydroxylation is 3. The highest BCUT2D eigenvalue weighted by molar-refractivity contribution is 6.03. The van der Waals surface area contributed by atoms with Gasteiger partial charge in [-0.15, -0.1) is 0 Å². The summed E-state index contributed by atoms with van der Waals surface area (Å²) < 4.78 is 1.76. The van der Waals surface area contributed by atoms with E-state index in [1.807, 2.05) is 25.2 Å². The van der Waals surface area contributed by atoms with Crippen molar-refractivity contribution >= 4 is 17.3 Å². The van der Waals surface area contributed by atoms with Crippen molar-refractivity contribution in [1.29, 1.82) is 0 Å². The molecule has 1 saturated heterocycles. The molecule has 0 unspecified atom stereocenters. The molecule has 4 rings (SSSR count). The van der Waals surface area contributed by atoms with Gasteiger partial charge in [0.2, 0.25) is 0 Å². The third-order valence-electron chi connectivity index (χ3n) is 5.76. The maximum Gasteiger partial charge on any atom is 0.276 e. The summed E-state index contributed by atoms with van der Waals surface area (Å²) in [5, 5.41) is 7.39. The van der Waals surface area contributed by atoms with Gasteiger partial charge in [-0.25, -0.2) is 0 Å². The Balaban J connectivity index is 1.48. The number of carbonyl (C=O) groups is 1. The summed E-state index contributed by atoms with van der Waals surface area (Å²) in [6.07, 6.45) is 3.82. The Hall–Kier alpha value is -3.08. The van der Waals surface area contributed by atoms with E-state index in [1.165, 1.54) is 36.1 Å². The Bertz CT molecular complexity index is 1010. The topological polar surface area (TPSA) is 50.2 Å². The Labute approximate surface area is 172 Å². The quantitative estimate of drug-likeness (QED) is 0.688. The van der Waals surface area contributed by atoms with Crippen LogP contribution in [0.4, 0.5) is 11.4 Å². The third kappa shape index (κ3) is 4.19. The molecule has 0 saturated carbocycles. The van der Waals surface area contributed by atoms with Crippen molar-refractivity contribution in [2.24, 2.45) is 7.05 Å². The van der Waals surface area contributed by atoms with Gasteiger partial charge in [0.15, 0.2) is 5.69 Å².